The largest absolute Gasteiger partial charge is 0.305 e. The fourth-order valence-corrected chi connectivity index (χ4v) is 2.22. The van der Waals surface area contributed by atoms with E-state index >= 15 is 0 Å². The first-order valence-electron chi connectivity index (χ1n) is 3.25. The molecular weight excluding hydrogens is 309 g/mol. The summed E-state index contributed by atoms with van der Waals surface area (Å²) < 4.78 is 13.8. The number of benzene rings is 1. The van der Waals surface area contributed by atoms with Crippen LogP contribution >= 0.6 is 31.9 Å². The summed E-state index contributed by atoms with van der Waals surface area (Å²) in [5.74, 6) is -0.795. The second-order valence-corrected chi connectivity index (χ2v) is 3.66. The fourth-order valence-electron chi connectivity index (χ4n) is 0.849. The summed E-state index contributed by atoms with van der Waals surface area (Å²) in [7, 11) is 0. The Bertz CT molecular complexity index is 357. The van der Waals surface area contributed by atoms with E-state index in [2.05, 4.69) is 31.9 Å². The van der Waals surface area contributed by atoms with Gasteiger partial charge in [0.15, 0.2) is 0 Å². The summed E-state index contributed by atoms with van der Waals surface area (Å²) in [4.78, 5) is 9.59. The van der Waals surface area contributed by atoms with E-state index in [-0.39, 0.29) is 10.9 Å². The zero-order chi connectivity index (χ0) is 10.0. The van der Waals surface area contributed by atoms with Crippen molar-refractivity contribution in [2.45, 2.75) is 5.33 Å². The molecule has 0 unspecified atom stereocenters. The van der Waals surface area contributed by atoms with Crippen LogP contribution in [0.5, 0.6) is 0 Å². The molecule has 1 aromatic carbocycles. The Hall–Kier alpha value is -0.490. The first kappa shape index (κ1) is 10.6. The Morgan fingerprint density at radius 3 is 2.62 bits per heavy atom. The van der Waals surface area contributed by atoms with Crippen molar-refractivity contribution in [1.82, 2.24) is 0 Å². The third-order valence-corrected chi connectivity index (χ3v) is 2.80. The minimum Gasteiger partial charge on any atom is -0.258 e. The highest BCUT2D eigenvalue weighted by Gasteiger charge is 2.18. The van der Waals surface area contributed by atoms with Gasteiger partial charge in [0, 0.05) is 21.4 Å². The third-order valence-electron chi connectivity index (χ3n) is 1.50. The smallest absolute Gasteiger partial charge is 0.258 e. The van der Waals surface area contributed by atoms with E-state index < -0.39 is 16.4 Å². The molecule has 1 aromatic rings. The number of nitro groups is 1. The lowest BCUT2D eigenvalue weighted by molar-refractivity contribution is -0.387. The van der Waals surface area contributed by atoms with Gasteiger partial charge in [-0.3, -0.25) is 10.1 Å². The summed E-state index contributed by atoms with van der Waals surface area (Å²) in [5, 5.41) is 10.6. The van der Waals surface area contributed by atoms with Gasteiger partial charge >= 0.3 is 5.69 Å². The summed E-state index contributed by atoms with van der Waals surface area (Å²) in [6.07, 6.45) is 0. The van der Waals surface area contributed by atoms with Crippen LogP contribution in [0.15, 0.2) is 16.6 Å². The maximum atomic E-state index is 13.3. The highest BCUT2D eigenvalue weighted by molar-refractivity contribution is 9.10. The number of halogens is 3. The van der Waals surface area contributed by atoms with Gasteiger partial charge < -0.3 is 0 Å². The second-order valence-electron chi connectivity index (χ2n) is 2.25. The van der Waals surface area contributed by atoms with E-state index in [4.69, 9.17) is 0 Å². The van der Waals surface area contributed by atoms with Crippen molar-refractivity contribution in [3.05, 3.63) is 38.1 Å². The van der Waals surface area contributed by atoms with Gasteiger partial charge in [-0.25, -0.2) is 0 Å². The Morgan fingerprint density at radius 2 is 2.15 bits per heavy atom. The van der Waals surface area contributed by atoms with Gasteiger partial charge in [-0.2, -0.15) is 4.39 Å². The third kappa shape index (κ3) is 2.05. The van der Waals surface area contributed by atoms with Crippen molar-refractivity contribution in [2.24, 2.45) is 0 Å². The molecule has 0 radical (unpaired) electrons. The van der Waals surface area contributed by atoms with Crippen LogP contribution in [0.1, 0.15) is 5.56 Å². The van der Waals surface area contributed by atoms with Crippen LogP contribution in [0.25, 0.3) is 0 Å². The SMILES string of the molecule is O=[N+]([O-])c1ccc(Br)c(CBr)c1F. The minimum atomic E-state index is -0.795. The molecule has 0 aliphatic heterocycles. The maximum absolute atomic E-state index is 13.3. The molecule has 0 atom stereocenters. The van der Waals surface area contributed by atoms with Gasteiger partial charge in [0.2, 0.25) is 5.82 Å². The molecule has 0 amide bonds. The Morgan fingerprint density at radius 1 is 1.54 bits per heavy atom. The highest BCUT2D eigenvalue weighted by Crippen LogP contribution is 2.28. The number of rotatable bonds is 2. The van der Waals surface area contributed by atoms with Crippen molar-refractivity contribution in [3.63, 3.8) is 0 Å². The van der Waals surface area contributed by atoms with Crippen molar-refractivity contribution < 1.29 is 9.31 Å². The Balaban J connectivity index is 3.35. The van der Waals surface area contributed by atoms with E-state index in [1.807, 2.05) is 0 Å². The lowest BCUT2D eigenvalue weighted by Gasteiger charge is -2.01. The molecule has 3 nitrogen and oxygen atoms in total. The quantitative estimate of drug-likeness (QED) is 0.477. The van der Waals surface area contributed by atoms with Crippen LogP contribution < -0.4 is 0 Å². The summed E-state index contributed by atoms with van der Waals surface area (Å²) in [6.45, 7) is 0. The molecule has 0 aliphatic rings. The average Bonchev–Trinajstić information content (AvgIpc) is 2.04. The fraction of sp³-hybridized carbons (Fsp3) is 0.143. The molecule has 0 aliphatic carbocycles. The first-order valence-corrected chi connectivity index (χ1v) is 5.16. The van der Waals surface area contributed by atoms with E-state index in [0.29, 0.717) is 4.47 Å². The average molecular weight is 313 g/mol. The van der Waals surface area contributed by atoms with Crippen LogP contribution in [0.2, 0.25) is 0 Å². The van der Waals surface area contributed by atoms with Gasteiger partial charge in [0.25, 0.3) is 0 Å². The molecule has 1 rings (SSSR count). The topological polar surface area (TPSA) is 43.1 Å². The number of nitro benzene ring substituents is 1. The normalized spacial score (nSPS) is 10.1. The molecule has 0 aromatic heterocycles. The molecular formula is C7H4Br2FNO2. The number of hydrogen-bond acceptors (Lipinski definition) is 2. The molecule has 0 saturated heterocycles. The van der Waals surface area contributed by atoms with Crippen LogP contribution in [0.3, 0.4) is 0 Å². The Labute approximate surface area is 90.3 Å². The van der Waals surface area contributed by atoms with Gasteiger partial charge in [-0.05, 0) is 6.07 Å². The summed E-state index contributed by atoms with van der Waals surface area (Å²) >= 11 is 6.15. The molecule has 70 valence electrons. The number of hydrogen-bond donors (Lipinski definition) is 0. The first-order chi connectivity index (χ1) is 6.07. The van der Waals surface area contributed by atoms with Crippen LogP contribution in [-0.2, 0) is 5.33 Å². The molecule has 13 heavy (non-hydrogen) atoms. The zero-order valence-electron chi connectivity index (χ0n) is 6.26. The van der Waals surface area contributed by atoms with Gasteiger partial charge in [0.05, 0.1) is 4.92 Å². The van der Waals surface area contributed by atoms with E-state index in [9.17, 15) is 14.5 Å². The predicted molar refractivity (Wildman–Crippen MR) is 53.4 cm³/mol. The maximum Gasteiger partial charge on any atom is 0.305 e. The van der Waals surface area contributed by atoms with Crippen molar-refractivity contribution >= 4 is 37.5 Å². The van der Waals surface area contributed by atoms with Crippen LogP contribution in [-0.4, -0.2) is 4.92 Å². The molecule has 0 bridgehead atoms. The lowest BCUT2D eigenvalue weighted by Crippen LogP contribution is -1.96. The number of nitrogens with zero attached hydrogens (tertiary/aromatic N) is 1. The van der Waals surface area contributed by atoms with Gasteiger partial charge in [-0.15, -0.1) is 0 Å². The second kappa shape index (κ2) is 4.15. The standard InChI is InChI=1S/C7H4Br2FNO2/c8-3-4-5(9)1-2-6(7(4)10)11(12)13/h1-2H,3H2. The molecule has 0 spiro atoms. The van der Waals surface area contributed by atoms with E-state index in [1.54, 1.807) is 0 Å². The van der Waals surface area contributed by atoms with Gasteiger partial charge in [-0.1, -0.05) is 31.9 Å². The highest BCUT2D eigenvalue weighted by atomic mass is 79.9. The molecule has 0 heterocycles. The lowest BCUT2D eigenvalue weighted by atomic mass is 10.2. The van der Waals surface area contributed by atoms with Gasteiger partial charge in [0.1, 0.15) is 0 Å². The van der Waals surface area contributed by atoms with E-state index in [0.717, 1.165) is 6.07 Å². The molecule has 0 saturated carbocycles. The summed E-state index contributed by atoms with van der Waals surface area (Å²) in [5.41, 5.74) is -0.244. The summed E-state index contributed by atoms with van der Waals surface area (Å²) in [6, 6.07) is 2.59. The van der Waals surface area contributed by atoms with Crippen molar-refractivity contribution in [2.75, 3.05) is 0 Å². The molecule has 0 fully saturated rings. The monoisotopic (exact) mass is 311 g/mol. The molecule has 0 N–H and O–H groups in total. The predicted octanol–water partition coefficient (Wildman–Crippen LogP) is 3.39. The Kier molecular flexibility index (Phi) is 3.38. The number of alkyl halides is 1. The van der Waals surface area contributed by atoms with E-state index in [1.165, 1.54) is 6.07 Å². The van der Waals surface area contributed by atoms with Crippen molar-refractivity contribution in [3.8, 4) is 0 Å². The zero-order valence-corrected chi connectivity index (χ0v) is 9.43. The van der Waals surface area contributed by atoms with Crippen molar-refractivity contribution in [1.29, 1.82) is 0 Å². The van der Waals surface area contributed by atoms with Crippen LogP contribution in [0.4, 0.5) is 10.1 Å². The van der Waals surface area contributed by atoms with Crippen LogP contribution in [0, 0.1) is 15.9 Å². The minimum absolute atomic E-state index is 0.237. The molecule has 6 heteroatoms.